The first-order chi connectivity index (χ1) is 6.50. The molecular weight excluding hydrogens is 250 g/mol. The summed E-state index contributed by atoms with van der Waals surface area (Å²) < 4.78 is 2.17. The van der Waals surface area contributed by atoms with Crippen LogP contribution < -0.4 is 5.56 Å². The molecule has 5 heteroatoms. The summed E-state index contributed by atoms with van der Waals surface area (Å²) in [7, 11) is 0. The third-order valence-corrected chi connectivity index (χ3v) is 2.23. The van der Waals surface area contributed by atoms with Crippen LogP contribution in [-0.2, 0) is 11.3 Å². The van der Waals surface area contributed by atoms with E-state index in [9.17, 15) is 9.59 Å². The van der Waals surface area contributed by atoms with E-state index in [1.54, 1.807) is 19.2 Å². The molecule has 14 heavy (non-hydrogen) atoms. The number of halogens is 1. The number of aliphatic carboxylic acids is 1. The SMILES string of the molecule is Cc1cc(Br)cn(CCC(=O)O)c1=O. The maximum atomic E-state index is 11.5. The van der Waals surface area contributed by atoms with E-state index in [0.717, 1.165) is 4.47 Å². The van der Waals surface area contributed by atoms with Crippen molar-refractivity contribution in [2.45, 2.75) is 19.9 Å². The largest absolute Gasteiger partial charge is 0.481 e. The lowest BCUT2D eigenvalue weighted by Gasteiger charge is -2.05. The first kappa shape index (κ1) is 11.0. The number of aromatic nitrogens is 1. The highest BCUT2D eigenvalue weighted by Gasteiger charge is 2.03. The lowest BCUT2D eigenvalue weighted by atomic mass is 10.3. The first-order valence-electron chi connectivity index (χ1n) is 4.09. The van der Waals surface area contributed by atoms with Crippen LogP contribution in [0.1, 0.15) is 12.0 Å². The lowest BCUT2D eigenvalue weighted by Crippen LogP contribution is -2.22. The van der Waals surface area contributed by atoms with Gasteiger partial charge in [-0.1, -0.05) is 0 Å². The molecule has 0 radical (unpaired) electrons. The van der Waals surface area contributed by atoms with Gasteiger partial charge in [0.15, 0.2) is 0 Å². The summed E-state index contributed by atoms with van der Waals surface area (Å²) in [6, 6.07) is 1.71. The normalized spacial score (nSPS) is 10.1. The van der Waals surface area contributed by atoms with E-state index in [1.807, 2.05) is 0 Å². The van der Waals surface area contributed by atoms with Crippen LogP contribution in [0.15, 0.2) is 21.5 Å². The van der Waals surface area contributed by atoms with Crippen molar-refractivity contribution in [2.24, 2.45) is 0 Å². The van der Waals surface area contributed by atoms with Gasteiger partial charge in [0.1, 0.15) is 0 Å². The minimum atomic E-state index is -0.908. The summed E-state index contributed by atoms with van der Waals surface area (Å²) in [6.07, 6.45) is 1.55. The lowest BCUT2D eigenvalue weighted by molar-refractivity contribution is -0.137. The molecule has 1 aromatic rings. The second kappa shape index (κ2) is 4.41. The molecule has 4 nitrogen and oxygen atoms in total. The molecule has 1 N–H and O–H groups in total. The van der Waals surface area contributed by atoms with E-state index >= 15 is 0 Å². The number of aryl methyl sites for hydroxylation is 2. The average Bonchev–Trinajstić information content (AvgIpc) is 2.08. The highest BCUT2D eigenvalue weighted by molar-refractivity contribution is 9.10. The van der Waals surface area contributed by atoms with Crippen molar-refractivity contribution in [1.29, 1.82) is 0 Å². The average molecular weight is 260 g/mol. The molecular formula is C9H10BrNO3. The van der Waals surface area contributed by atoms with Gasteiger partial charge in [-0.15, -0.1) is 0 Å². The predicted octanol–water partition coefficient (Wildman–Crippen LogP) is 1.39. The standard InChI is InChI=1S/C9H10BrNO3/c1-6-4-7(10)5-11(9(6)14)3-2-8(12)13/h4-5H,2-3H2,1H3,(H,12,13). The van der Waals surface area contributed by atoms with Crippen molar-refractivity contribution in [1.82, 2.24) is 4.57 Å². The molecule has 0 spiro atoms. The minimum absolute atomic E-state index is 0.0458. The van der Waals surface area contributed by atoms with E-state index in [1.165, 1.54) is 4.57 Å². The Bertz CT molecular complexity index is 411. The molecule has 0 atom stereocenters. The molecule has 0 bridgehead atoms. The van der Waals surface area contributed by atoms with E-state index in [2.05, 4.69) is 15.9 Å². The van der Waals surface area contributed by atoms with Gasteiger partial charge in [0.25, 0.3) is 5.56 Å². The van der Waals surface area contributed by atoms with Gasteiger partial charge >= 0.3 is 5.97 Å². The molecule has 0 amide bonds. The summed E-state index contributed by atoms with van der Waals surface area (Å²) in [6.45, 7) is 1.90. The molecule has 1 heterocycles. The van der Waals surface area contributed by atoms with Gasteiger partial charge in [0.2, 0.25) is 0 Å². The molecule has 0 fully saturated rings. The smallest absolute Gasteiger partial charge is 0.305 e. The highest BCUT2D eigenvalue weighted by atomic mass is 79.9. The number of carboxylic acids is 1. The van der Waals surface area contributed by atoms with Gasteiger partial charge < -0.3 is 9.67 Å². The number of hydrogen-bond donors (Lipinski definition) is 1. The zero-order valence-corrected chi connectivity index (χ0v) is 9.24. The molecule has 0 aliphatic rings. The summed E-state index contributed by atoms with van der Waals surface area (Å²) in [5.41, 5.74) is 0.458. The highest BCUT2D eigenvalue weighted by Crippen LogP contribution is 2.08. The van der Waals surface area contributed by atoms with Gasteiger partial charge in [-0.2, -0.15) is 0 Å². The van der Waals surface area contributed by atoms with Gasteiger partial charge in [-0.3, -0.25) is 9.59 Å². The van der Waals surface area contributed by atoms with Crippen molar-refractivity contribution in [3.63, 3.8) is 0 Å². The monoisotopic (exact) mass is 259 g/mol. The maximum Gasteiger partial charge on any atom is 0.305 e. The number of rotatable bonds is 3. The Morgan fingerprint density at radius 3 is 2.86 bits per heavy atom. The molecule has 0 unspecified atom stereocenters. The predicted molar refractivity (Wildman–Crippen MR) is 55.4 cm³/mol. The topological polar surface area (TPSA) is 59.3 Å². The van der Waals surface area contributed by atoms with Crippen LogP contribution in [0.25, 0.3) is 0 Å². The molecule has 0 aliphatic carbocycles. The second-order valence-electron chi connectivity index (χ2n) is 2.98. The summed E-state index contributed by atoms with van der Waals surface area (Å²) in [5, 5.41) is 8.48. The Kier molecular flexibility index (Phi) is 3.46. The van der Waals surface area contributed by atoms with Crippen LogP contribution in [0.3, 0.4) is 0 Å². The van der Waals surface area contributed by atoms with Crippen LogP contribution in [0, 0.1) is 6.92 Å². The molecule has 1 aromatic heterocycles. The Labute approximate surface area is 89.3 Å². The number of pyridine rings is 1. The zero-order chi connectivity index (χ0) is 10.7. The van der Waals surface area contributed by atoms with Gasteiger partial charge in [0.05, 0.1) is 6.42 Å². The van der Waals surface area contributed by atoms with E-state index in [-0.39, 0.29) is 18.5 Å². The van der Waals surface area contributed by atoms with E-state index < -0.39 is 5.97 Å². The molecule has 0 saturated heterocycles. The van der Waals surface area contributed by atoms with Crippen molar-refractivity contribution < 1.29 is 9.90 Å². The molecule has 1 rings (SSSR count). The molecule has 76 valence electrons. The van der Waals surface area contributed by atoms with Crippen LogP contribution in [0.5, 0.6) is 0 Å². The van der Waals surface area contributed by atoms with Crippen molar-refractivity contribution in [2.75, 3.05) is 0 Å². The molecule has 0 aromatic carbocycles. The number of carbonyl (C=O) groups is 1. The fourth-order valence-electron chi connectivity index (χ4n) is 1.12. The third kappa shape index (κ3) is 2.70. The van der Waals surface area contributed by atoms with Gasteiger partial charge in [-0.05, 0) is 28.9 Å². The number of nitrogens with zero attached hydrogens (tertiary/aromatic N) is 1. The summed E-state index contributed by atoms with van der Waals surface area (Å²) in [5.74, 6) is -0.908. The minimum Gasteiger partial charge on any atom is -0.481 e. The van der Waals surface area contributed by atoms with Crippen LogP contribution in [-0.4, -0.2) is 15.6 Å². The maximum absolute atomic E-state index is 11.5. The Balaban J connectivity index is 2.97. The van der Waals surface area contributed by atoms with Gasteiger partial charge in [0, 0.05) is 22.8 Å². The van der Waals surface area contributed by atoms with Gasteiger partial charge in [-0.25, -0.2) is 0 Å². The Morgan fingerprint density at radius 1 is 1.64 bits per heavy atom. The van der Waals surface area contributed by atoms with Crippen LogP contribution in [0.4, 0.5) is 0 Å². The zero-order valence-electron chi connectivity index (χ0n) is 7.66. The second-order valence-corrected chi connectivity index (χ2v) is 3.90. The first-order valence-corrected chi connectivity index (χ1v) is 4.88. The van der Waals surface area contributed by atoms with Crippen LogP contribution in [0.2, 0.25) is 0 Å². The van der Waals surface area contributed by atoms with Crippen LogP contribution >= 0.6 is 15.9 Å². The van der Waals surface area contributed by atoms with Crippen molar-refractivity contribution in [3.8, 4) is 0 Å². The van der Waals surface area contributed by atoms with Crippen molar-refractivity contribution >= 4 is 21.9 Å². The summed E-state index contributed by atoms with van der Waals surface area (Å²) in [4.78, 5) is 21.8. The third-order valence-electron chi connectivity index (χ3n) is 1.80. The number of carboxylic acid groups (broad SMARTS) is 1. The summed E-state index contributed by atoms with van der Waals surface area (Å²) >= 11 is 3.25. The Hall–Kier alpha value is -1.10. The van der Waals surface area contributed by atoms with E-state index in [0.29, 0.717) is 5.56 Å². The molecule has 0 aliphatic heterocycles. The fourth-order valence-corrected chi connectivity index (χ4v) is 1.71. The Morgan fingerprint density at radius 2 is 2.29 bits per heavy atom. The quantitative estimate of drug-likeness (QED) is 0.893. The number of hydrogen-bond acceptors (Lipinski definition) is 2. The molecule has 0 saturated carbocycles. The van der Waals surface area contributed by atoms with Crippen molar-refractivity contribution in [3.05, 3.63) is 32.7 Å². The fraction of sp³-hybridized carbons (Fsp3) is 0.333. The van der Waals surface area contributed by atoms with E-state index in [4.69, 9.17) is 5.11 Å².